The fourth-order valence-corrected chi connectivity index (χ4v) is 2.08. The normalized spacial score (nSPS) is 27.6. The highest BCUT2D eigenvalue weighted by molar-refractivity contribution is 6.23. The van der Waals surface area contributed by atoms with Gasteiger partial charge in [-0.2, -0.15) is 10.2 Å². The van der Waals surface area contributed by atoms with E-state index in [1.54, 1.807) is 24.3 Å². The maximum atomic E-state index is 12.0. The minimum absolute atomic E-state index is 0.189. The fourth-order valence-electron chi connectivity index (χ4n) is 2.08. The summed E-state index contributed by atoms with van der Waals surface area (Å²) >= 11 is 0. The van der Waals surface area contributed by atoms with E-state index in [4.69, 9.17) is 0 Å². The Labute approximate surface area is 91.8 Å². The highest BCUT2D eigenvalue weighted by atomic mass is 16.2. The summed E-state index contributed by atoms with van der Waals surface area (Å²) in [5.74, 6) is -0.832. The van der Waals surface area contributed by atoms with E-state index in [1.165, 1.54) is 4.90 Å². The molecule has 2 aliphatic rings. The summed E-state index contributed by atoms with van der Waals surface area (Å²) in [6.07, 6.45) is 0. The lowest BCUT2D eigenvalue weighted by molar-refractivity contribution is -0.122. The molecule has 1 aromatic rings. The molecule has 16 heavy (non-hydrogen) atoms. The molecule has 2 aliphatic heterocycles. The minimum Gasteiger partial charge on any atom is -0.274 e. The molecule has 80 valence electrons. The van der Waals surface area contributed by atoms with Crippen LogP contribution in [0.3, 0.4) is 0 Å². The maximum Gasteiger partial charge on any atom is 0.261 e. The first-order chi connectivity index (χ1) is 7.79. The predicted octanol–water partition coefficient (Wildman–Crippen LogP) is 1.01. The van der Waals surface area contributed by atoms with E-state index in [-0.39, 0.29) is 17.7 Å². The Kier molecular flexibility index (Phi) is 1.86. The van der Waals surface area contributed by atoms with Gasteiger partial charge >= 0.3 is 0 Å². The molecule has 3 rings (SSSR count). The van der Waals surface area contributed by atoms with Gasteiger partial charge in [0, 0.05) is 0 Å². The second-order valence-corrected chi connectivity index (χ2v) is 3.84. The number of hydrogen-bond acceptors (Lipinski definition) is 4. The number of carbonyl (C=O) groups is 2. The summed E-state index contributed by atoms with van der Waals surface area (Å²) < 4.78 is 0. The average Bonchev–Trinajstić information content (AvgIpc) is 2.86. The van der Waals surface area contributed by atoms with Gasteiger partial charge in [0.15, 0.2) is 6.04 Å². The van der Waals surface area contributed by atoms with Gasteiger partial charge in [-0.05, 0) is 12.1 Å². The Hall–Kier alpha value is -2.04. The molecule has 0 aromatic heterocycles. The van der Waals surface area contributed by atoms with E-state index in [0.717, 1.165) is 0 Å². The zero-order valence-corrected chi connectivity index (χ0v) is 8.41. The average molecular weight is 215 g/mol. The molecule has 1 saturated heterocycles. The first kappa shape index (κ1) is 9.21. The Balaban J connectivity index is 2.01. The summed E-state index contributed by atoms with van der Waals surface area (Å²) in [5, 5.41) is 7.57. The topological polar surface area (TPSA) is 62.1 Å². The van der Waals surface area contributed by atoms with Gasteiger partial charge in [0.1, 0.15) is 0 Å². The predicted molar refractivity (Wildman–Crippen MR) is 55.9 cm³/mol. The second-order valence-electron chi connectivity index (χ2n) is 3.84. The van der Waals surface area contributed by atoms with Gasteiger partial charge in [0.25, 0.3) is 5.91 Å². The maximum absolute atomic E-state index is 12.0. The third-order valence-electron chi connectivity index (χ3n) is 2.89. The summed E-state index contributed by atoms with van der Waals surface area (Å²) in [6.45, 7) is 0.332. The number of imide groups is 1. The van der Waals surface area contributed by atoms with Crippen LogP contribution in [0.5, 0.6) is 0 Å². The Morgan fingerprint density at radius 3 is 2.56 bits per heavy atom. The first-order valence-electron chi connectivity index (χ1n) is 5.08. The van der Waals surface area contributed by atoms with E-state index >= 15 is 0 Å². The smallest absolute Gasteiger partial charge is 0.261 e. The van der Waals surface area contributed by atoms with Gasteiger partial charge in [-0.3, -0.25) is 9.59 Å². The quantitative estimate of drug-likeness (QED) is 0.656. The van der Waals surface area contributed by atoms with Crippen LogP contribution in [0.4, 0.5) is 5.69 Å². The van der Waals surface area contributed by atoms with Crippen molar-refractivity contribution in [1.29, 1.82) is 0 Å². The van der Waals surface area contributed by atoms with Crippen LogP contribution in [0.25, 0.3) is 0 Å². The van der Waals surface area contributed by atoms with Crippen LogP contribution in [0, 0.1) is 5.92 Å². The SMILES string of the molecule is O=C1[C@H]2N=NC[C@H]2C(=O)N1c1ccccc1. The van der Waals surface area contributed by atoms with Crippen molar-refractivity contribution < 1.29 is 9.59 Å². The van der Waals surface area contributed by atoms with Gasteiger partial charge in [-0.15, -0.1) is 0 Å². The first-order valence-corrected chi connectivity index (χ1v) is 5.08. The number of hydrogen-bond donors (Lipinski definition) is 0. The van der Waals surface area contributed by atoms with Crippen molar-refractivity contribution in [3.63, 3.8) is 0 Å². The zero-order valence-electron chi connectivity index (χ0n) is 8.41. The Bertz CT molecular complexity index is 483. The second kappa shape index (κ2) is 3.23. The molecular weight excluding hydrogens is 206 g/mol. The van der Waals surface area contributed by atoms with E-state index in [0.29, 0.717) is 12.2 Å². The standard InChI is InChI=1S/C11H9N3O2/c15-10-8-6-12-13-9(8)11(16)14(10)7-4-2-1-3-5-7/h1-5,8-9H,6H2/t8-,9+/m1/s1. The van der Waals surface area contributed by atoms with Gasteiger partial charge in [0.05, 0.1) is 18.2 Å². The molecule has 1 fully saturated rings. The number of carbonyl (C=O) groups excluding carboxylic acids is 2. The number of rotatable bonds is 1. The highest BCUT2D eigenvalue weighted by Crippen LogP contribution is 2.31. The zero-order chi connectivity index (χ0) is 11.1. The lowest BCUT2D eigenvalue weighted by Crippen LogP contribution is -2.31. The molecule has 2 atom stereocenters. The molecule has 5 nitrogen and oxygen atoms in total. The number of benzene rings is 1. The van der Waals surface area contributed by atoms with Crippen molar-refractivity contribution in [2.24, 2.45) is 16.1 Å². The van der Waals surface area contributed by atoms with Gasteiger partial charge in [-0.1, -0.05) is 18.2 Å². The van der Waals surface area contributed by atoms with E-state index in [9.17, 15) is 9.59 Å². The van der Waals surface area contributed by atoms with Crippen LogP contribution in [-0.2, 0) is 9.59 Å². The van der Waals surface area contributed by atoms with E-state index in [2.05, 4.69) is 10.2 Å². The van der Waals surface area contributed by atoms with Gasteiger partial charge in [-0.25, -0.2) is 4.90 Å². The monoisotopic (exact) mass is 215 g/mol. The lowest BCUT2D eigenvalue weighted by atomic mass is 10.1. The number of azo groups is 1. The lowest BCUT2D eigenvalue weighted by Gasteiger charge is -2.14. The van der Waals surface area contributed by atoms with Crippen LogP contribution in [0.2, 0.25) is 0 Å². The summed E-state index contributed by atoms with van der Waals surface area (Å²) in [5.41, 5.74) is 0.613. The number of amides is 2. The van der Waals surface area contributed by atoms with Crippen molar-refractivity contribution in [3.05, 3.63) is 30.3 Å². The Morgan fingerprint density at radius 1 is 1.12 bits per heavy atom. The largest absolute Gasteiger partial charge is 0.274 e. The van der Waals surface area contributed by atoms with Gasteiger partial charge < -0.3 is 0 Å². The van der Waals surface area contributed by atoms with E-state index < -0.39 is 6.04 Å². The van der Waals surface area contributed by atoms with Crippen molar-refractivity contribution in [2.75, 3.05) is 11.4 Å². The molecule has 0 saturated carbocycles. The van der Waals surface area contributed by atoms with Crippen molar-refractivity contribution >= 4 is 17.5 Å². The molecular formula is C11H9N3O2. The minimum atomic E-state index is -0.590. The summed E-state index contributed by atoms with van der Waals surface area (Å²) in [6, 6.07) is 8.33. The number of anilines is 1. The highest BCUT2D eigenvalue weighted by Gasteiger charge is 2.50. The molecule has 5 heteroatoms. The summed E-state index contributed by atoms with van der Waals surface area (Å²) in [4.78, 5) is 25.1. The van der Waals surface area contributed by atoms with E-state index in [1.807, 2.05) is 6.07 Å². The molecule has 2 heterocycles. The third kappa shape index (κ3) is 1.11. The van der Waals surface area contributed by atoms with Crippen molar-refractivity contribution in [1.82, 2.24) is 0 Å². The van der Waals surface area contributed by atoms with Crippen molar-refractivity contribution in [3.8, 4) is 0 Å². The van der Waals surface area contributed by atoms with Crippen LogP contribution in [0.1, 0.15) is 0 Å². The Morgan fingerprint density at radius 2 is 1.88 bits per heavy atom. The van der Waals surface area contributed by atoms with Gasteiger partial charge in [0.2, 0.25) is 5.91 Å². The summed E-state index contributed by atoms with van der Waals surface area (Å²) in [7, 11) is 0. The third-order valence-corrected chi connectivity index (χ3v) is 2.89. The van der Waals surface area contributed by atoms with Crippen LogP contribution in [0.15, 0.2) is 40.6 Å². The molecule has 1 aromatic carbocycles. The molecule has 0 radical (unpaired) electrons. The molecule has 2 amide bonds. The number of para-hydroxylation sites is 1. The molecule has 0 aliphatic carbocycles. The molecule has 0 N–H and O–H groups in total. The van der Waals surface area contributed by atoms with Crippen LogP contribution >= 0.6 is 0 Å². The number of fused-ring (bicyclic) bond motifs is 1. The fraction of sp³-hybridized carbons (Fsp3) is 0.273. The van der Waals surface area contributed by atoms with Crippen molar-refractivity contribution in [2.45, 2.75) is 6.04 Å². The molecule has 0 unspecified atom stereocenters. The van der Waals surface area contributed by atoms with Crippen LogP contribution in [-0.4, -0.2) is 24.4 Å². The van der Waals surface area contributed by atoms with Crippen LogP contribution < -0.4 is 4.90 Å². The molecule has 0 bridgehead atoms. The number of nitrogens with zero attached hydrogens (tertiary/aromatic N) is 3. The molecule has 0 spiro atoms.